The minimum Gasteiger partial charge on any atom is -0.306 e. The van der Waals surface area contributed by atoms with Crippen LogP contribution in [0.2, 0.25) is 0 Å². The van der Waals surface area contributed by atoms with Gasteiger partial charge in [-0.05, 0) is 19.4 Å². The van der Waals surface area contributed by atoms with Crippen LogP contribution >= 0.6 is 0 Å². The zero-order valence-corrected chi connectivity index (χ0v) is 12.4. The Kier molecular flexibility index (Phi) is 3.69. The number of hydrogen-bond donors (Lipinski definition) is 2. The molecule has 1 amide bonds. The Bertz CT molecular complexity index is 789. The summed E-state index contributed by atoms with van der Waals surface area (Å²) in [4.78, 5) is 12.0. The molecule has 0 bridgehead atoms. The second kappa shape index (κ2) is 5.80. The molecule has 2 N–H and O–H groups in total. The second-order valence-corrected chi connectivity index (χ2v) is 5.00. The molecule has 0 saturated heterocycles. The van der Waals surface area contributed by atoms with Gasteiger partial charge >= 0.3 is 0 Å². The lowest BCUT2D eigenvalue weighted by atomic mass is 10.1. The highest BCUT2D eigenvalue weighted by Crippen LogP contribution is 2.21. The summed E-state index contributed by atoms with van der Waals surface area (Å²) in [6, 6.07) is 9.97. The molecule has 7 nitrogen and oxygen atoms in total. The van der Waals surface area contributed by atoms with Crippen molar-refractivity contribution in [2.24, 2.45) is 0 Å². The van der Waals surface area contributed by atoms with Crippen molar-refractivity contribution in [1.82, 2.24) is 25.2 Å². The van der Waals surface area contributed by atoms with Crippen LogP contribution in [0.15, 0.2) is 36.5 Å². The van der Waals surface area contributed by atoms with Gasteiger partial charge in [0.2, 0.25) is 5.91 Å². The van der Waals surface area contributed by atoms with E-state index in [-0.39, 0.29) is 12.5 Å². The van der Waals surface area contributed by atoms with Gasteiger partial charge in [-0.1, -0.05) is 30.3 Å². The smallest absolute Gasteiger partial charge is 0.247 e. The highest BCUT2D eigenvalue weighted by Gasteiger charge is 2.12. The Hall–Kier alpha value is -2.96. The van der Waals surface area contributed by atoms with Gasteiger partial charge in [0.1, 0.15) is 12.2 Å². The number of H-pyrrole nitrogens is 1. The highest BCUT2D eigenvalue weighted by atomic mass is 16.2. The molecule has 0 aliphatic carbocycles. The molecule has 22 heavy (non-hydrogen) atoms. The van der Waals surface area contributed by atoms with Crippen LogP contribution in [0.3, 0.4) is 0 Å². The quantitative estimate of drug-likeness (QED) is 0.770. The van der Waals surface area contributed by atoms with Gasteiger partial charge in [0, 0.05) is 11.8 Å². The van der Waals surface area contributed by atoms with Crippen LogP contribution in [-0.4, -0.2) is 31.1 Å². The Morgan fingerprint density at radius 3 is 2.64 bits per heavy atom. The molecule has 112 valence electrons. The lowest BCUT2D eigenvalue weighted by Crippen LogP contribution is -2.19. The van der Waals surface area contributed by atoms with Crippen molar-refractivity contribution in [2.75, 3.05) is 5.32 Å². The Morgan fingerprint density at radius 2 is 1.95 bits per heavy atom. The molecule has 1 aromatic carbocycles. The standard InChI is InChI=1S/C15H16N6O/c1-10-13(12-6-4-3-5-7-12)8-21(19-10)9-14(22)16-15-11(2)17-20-18-15/h3-8H,9H2,1-2H3,(H2,16,17,18,20,22). The first-order valence-electron chi connectivity index (χ1n) is 6.90. The number of anilines is 1. The topological polar surface area (TPSA) is 88.5 Å². The largest absolute Gasteiger partial charge is 0.306 e. The SMILES string of the molecule is Cc1nn(CC(=O)Nc2n[nH]nc2C)cc1-c1ccccc1. The average Bonchev–Trinajstić information content (AvgIpc) is 3.06. The summed E-state index contributed by atoms with van der Waals surface area (Å²) in [6.45, 7) is 3.82. The molecule has 0 aliphatic heterocycles. The number of nitrogens with zero attached hydrogens (tertiary/aromatic N) is 4. The van der Waals surface area contributed by atoms with Gasteiger partial charge in [0.05, 0.1) is 5.69 Å². The number of carbonyl (C=O) groups excluding carboxylic acids is 1. The van der Waals surface area contributed by atoms with E-state index in [1.54, 1.807) is 11.6 Å². The maximum Gasteiger partial charge on any atom is 0.247 e. The van der Waals surface area contributed by atoms with Crippen LogP contribution in [0, 0.1) is 13.8 Å². The van der Waals surface area contributed by atoms with E-state index in [4.69, 9.17) is 0 Å². The van der Waals surface area contributed by atoms with Gasteiger partial charge < -0.3 is 5.32 Å². The molecule has 2 aromatic heterocycles. The van der Waals surface area contributed by atoms with Gasteiger partial charge in [-0.15, -0.1) is 5.10 Å². The predicted molar refractivity (Wildman–Crippen MR) is 82.1 cm³/mol. The molecule has 3 aromatic rings. The molecule has 0 aliphatic rings. The Labute approximate surface area is 127 Å². The lowest BCUT2D eigenvalue weighted by molar-refractivity contribution is -0.116. The van der Waals surface area contributed by atoms with E-state index in [1.165, 1.54) is 0 Å². The summed E-state index contributed by atoms with van der Waals surface area (Å²) in [7, 11) is 0. The number of aryl methyl sites for hydroxylation is 2. The highest BCUT2D eigenvalue weighted by molar-refractivity contribution is 5.90. The van der Waals surface area contributed by atoms with Crippen molar-refractivity contribution in [1.29, 1.82) is 0 Å². The van der Waals surface area contributed by atoms with Crippen LogP contribution < -0.4 is 5.32 Å². The third-order valence-corrected chi connectivity index (χ3v) is 3.32. The van der Waals surface area contributed by atoms with Crippen LogP contribution in [-0.2, 0) is 11.3 Å². The molecule has 0 radical (unpaired) electrons. The van der Waals surface area contributed by atoms with Gasteiger partial charge in [-0.2, -0.15) is 15.4 Å². The van der Waals surface area contributed by atoms with Gasteiger partial charge in [-0.25, -0.2) is 0 Å². The molecule has 2 heterocycles. The van der Waals surface area contributed by atoms with Crippen molar-refractivity contribution in [3.63, 3.8) is 0 Å². The molecule has 0 atom stereocenters. The average molecular weight is 296 g/mol. The molecule has 7 heteroatoms. The minimum absolute atomic E-state index is 0.125. The van der Waals surface area contributed by atoms with Crippen LogP contribution in [0.5, 0.6) is 0 Å². The Morgan fingerprint density at radius 1 is 1.18 bits per heavy atom. The maximum atomic E-state index is 12.0. The molecule has 0 fully saturated rings. The van der Waals surface area contributed by atoms with Gasteiger partial charge in [0.25, 0.3) is 0 Å². The summed E-state index contributed by atoms with van der Waals surface area (Å²) in [5, 5.41) is 17.3. The molecular weight excluding hydrogens is 280 g/mol. The molecule has 3 rings (SSSR count). The third kappa shape index (κ3) is 2.88. The zero-order chi connectivity index (χ0) is 15.5. The van der Waals surface area contributed by atoms with Gasteiger partial charge in [-0.3, -0.25) is 9.48 Å². The molecule has 0 saturated carbocycles. The number of nitrogens with one attached hydrogen (secondary N) is 2. The fourth-order valence-electron chi connectivity index (χ4n) is 2.22. The fraction of sp³-hybridized carbons (Fsp3) is 0.200. The number of carbonyl (C=O) groups is 1. The molecule has 0 spiro atoms. The minimum atomic E-state index is -0.195. The van der Waals surface area contributed by atoms with Crippen LogP contribution in [0.25, 0.3) is 11.1 Å². The number of benzene rings is 1. The van der Waals surface area contributed by atoms with E-state index in [1.807, 2.05) is 43.5 Å². The lowest BCUT2D eigenvalue weighted by Gasteiger charge is -2.02. The van der Waals surface area contributed by atoms with E-state index in [9.17, 15) is 4.79 Å². The van der Waals surface area contributed by atoms with E-state index < -0.39 is 0 Å². The monoisotopic (exact) mass is 296 g/mol. The van der Waals surface area contributed by atoms with Crippen molar-refractivity contribution in [3.05, 3.63) is 47.9 Å². The van der Waals surface area contributed by atoms with Crippen LogP contribution in [0.1, 0.15) is 11.4 Å². The van der Waals surface area contributed by atoms with Crippen molar-refractivity contribution in [2.45, 2.75) is 20.4 Å². The zero-order valence-electron chi connectivity index (χ0n) is 12.4. The third-order valence-electron chi connectivity index (χ3n) is 3.32. The van der Waals surface area contributed by atoms with Crippen molar-refractivity contribution >= 4 is 11.7 Å². The second-order valence-electron chi connectivity index (χ2n) is 5.00. The maximum absolute atomic E-state index is 12.0. The van der Waals surface area contributed by atoms with E-state index >= 15 is 0 Å². The van der Waals surface area contributed by atoms with Crippen molar-refractivity contribution < 1.29 is 4.79 Å². The van der Waals surface area contributed by atoms with Crippen molar-refractivity contribution in [3.8, 4) is 11.1 Å². The summed E-state index contributed by atoms with van der Waals surface area (Å²) in [5.41, 5.74) is 3.64. The van der Waals surface area contributed by atoms with Crippen LogP contribution in [0.4, 0.5) is 5.82 Å². The predicted octanol–water partition coefficient (Wildman–Crippen LogP) is 1.92. The Balaban J connectivity index is 1.74. The first-order chi connectivity index (χ1) is 10.6. The first-order valence-corrected chi connectivity index (χ1v) is 6.90. The van der Waals surface area contributed by atoms with E-state index in [2.05, 4.69) is 25.8 Å². The summed E-state index contributed by atoms with van der Waals surface area (Å²) in [5.74, 6) is 0.247. The number of aromatic amines is 1. The number of aromatic nitrogens is 5. The van der Waals surface area contributed by atoms with E-state index in [0.717, 1.165) is 16.8 Å². The number of amides is 1. The molecule has 0 unspecified atom stereocenters. The fourth-order valence-corrected chi connectivity index (χ4v) is 2.22. The summed E-state index contributed by atoms with van der Waals surface area (Å²) >= 11 is 0. The first kappa shape index (κ1) is 14.0. The summed E-state index contributed by atoms with van der Waals surface area (Å²) in [6.07, 6.45) is 1.87. The van der Waals surface area contributed by atoms with E-state index in [0.29, 0.717) is 11.5 Å². The molecular formula is C15H16N6O. The number of hydrogen-bond acceptors (Lipinski definition) is 4. The van der Waals surface area contributed by atoms with Gasteiger partial charge in [0.15, 0.2) is 5.82 Å². The number of rotatable bonds is 4. The normalized spacial score (nSPS) is 10.6. The summed E-state index contributed by atoms with van der Waals surface area (Å²) < 4.78 is 1.63.